The van der Waals surface area contributed by atoms with Crippen LogP contribution in [0.1, 0.15) is 17.0 Å². The monoisotopic (exact) mass is 516 g/mol. The van der Waals surface area contributed by atoms with Gasteiger partial charge in [0.2, 0.25) is 0 Å². The van der Waals surface area contributed by atoms with E-state index < -0.39 is 29.5 Å². The molecule has 38 heavy (non-hydrogen) atoms. The molecule has 3 N–H and O–H groups in total. The fourth-order valence-corrected chi connectivity index (χ4v) is 4.46. The van der Waals surface area contributed by atoms with Crippen LogP contribution in [0, 0.1) is 0 Å². The Morgan fingerprint density at radius 3 is 2.45 bits per heavy atom. The number of ether oxygens (including phenoxy) is 4. The van der Waals surface area contributed by atoms with Crippen molar-refractivity contribution in [3.8, 4) is 23.0 Å². The molecule has 0 spiro atoms. The van der Waals surface area contributed by atoms with Crippen LogP contribution in [0.5, 0.6) is 23.0 Å². The summed E-state index contributed by atoms with van der Waals surface area (Å²) in [6, 6.07) is 18.7. The van der Waals surface area contributed by atoms with Crippen molar-refractivity contribution < 1.29 is 33.0 Å². The van der Waals surface area contributed by atoms with Gasteiger partial charge in [0.15, 0.2) is 24.2 Å². The number of benzene rings is 3. The summed E-state index contributed by atoms with van der Waals surface area (Å²) in [7, 11) is 3.00. The van der Waals surface area contributed by atoms with Crippen molar-refractivity contribution in [3.05, 3.63) is 88.3 Å². The Morgan fingerprint density at radius 1 is 0.974 bits per heavy atom. The van der Waals surface area contributed by atoms with Crippen molar-refractivity contribution in [2.24, 2.45) is 5.73 Å². The van der Waals surface area contributed by atoms with Gasteiger partial charge >= 0.3 is 5.63 Å². The van der Waals surface area contributed by atoms with Crippen LogP contribution in [0.3, 0.4) is 0 Å². The molecular formula is C28H24N2O8. The average molecular weight is 517 g/mol. The molecule has 194 valence electrons. The zero-order valence-corrected chi connectivity index (χ0v) is 20.6. The minimum absolute atomic E-state index is 0.199. The lowest BCUT2D eigenvalue weighted by Crippen LogP contribution is -2.35. The molecule has 0 bridgehead atoms. The molecule has 0 unspecified atom stereocenters. The van der Waals surface area contributed by atoms with Crippen LogP contribution in [0.4, 0.5) is 5.69 Å². The molecule has 0 fully saturated rings. The lowest BCUT2D eigenvalue weighted by molar-refractivity contribution is -0.122. The summed E-state index contributed by atoms with van der Waals surface area (Å²) < 4.78 is 27.8. The highest BCUT2D eigenvalue weighted by Crippen LogP contribution is 2.46. The Morgan fingerprint density at radius 2 is 1.74 bits per heavy atom. The van der Waals surface area contributed by atoms with E-state index in [0.29, 0.717) is 33.7 Å². The van der Waals surface area contributed by atoms with Crippen LogP contribution in [0.2, 0.25) is 0 Å². The fraction of sp³-hybridized carbons (Fsp3) is 0.179. The molecular weight excluding hydrogens is 492 g/mol. The quantitative estimate of drug-likeness (QED) is 0.341. The molecule has 0 aliphatic carbocycles. The number of nitrogens with one attached hydrogen (secondary N) is 1. The van der Waals surface area contributed by atoms with E-state index in [1.807, 2.05) is 0 Å². The fourth-order valence-electron chi connectivity index (χ4n) is 4.46. The predicted molar refractivity (Wildman–Crippen MR) is 138 cm³/mol. The van der Waals surface area contributed by atoms with E-state index in [9.17, 15) is 14.4 Å². The van der Waals surface area contributed by atoms with Gasteiger partial charge < -0.3 is 34.4 Å². The van der Waals surface area contributed by atoms with E-state index >= 15 is 0 Å². The number of carbonyl (C=O) groups is 2. The maximum atomic E-state index is 13.6. The summed E-state index contributed by atoms with van der Waals surface area (Å²) >= 11 is 0. The number of rotatable bonds is 8. The first-order valence-corrected chi connectivity index (χ1v) is 11.7. The number of amides is 2. The van der Waals surface area contributed by atoms with Gasteiger partial charge in [-0.1, -0.05) is 18.2 Å². The molecule has 2 amide bonds. The van der Waals surface area contributed by atoms with E-state index in [-0.39, 0.29) is 23.7 Å². The van der Waals surface area contributed by atoms with Gasteiger partial charge in [0.05, 0.1) is 31.1 Å². The van der Waals surface area contributed by atoms with Gasteiger partial charge in [0, 0.05) is 5.69 Å². The summed E-state index contributed by atoms with van der Waals surface area (Å²) in [4.78, 5) is 38.1. The molecule has 2 atom stereocenters. The Kier molecular flexibility index (Phi) is 6.61. The Balaban J connectivity index is 1.60. The molecule has 0 radical (unpaired) electrons. The van der Waals surface area contributed by atoms with Crippen LogP contribution in [0.15, 0.2) is 75.9 Å². The van der Waals surface area contributed by atoms with E-state index in [1.54, 1.807) is 73.8 Å². The minimum Gasteiger partial charge on any atom is -0.497 e. The number of anilines is 1. The maximum absolute atomic E-state index is 13.6. The van der Waals surface area contributed by atoms with Crippen molar-refractivity contribution >= 4 is 28.5 Å². The van der Waals surface area contributed by atoms with E-state index in [1.165, 1.54) is 7.11 Å². The van der Waals surface area contributed by atoms with Crippen LogP contribution in [-0.4, -0.2) is 38.7 Å². The minimum atomic E-state index is -1.13. The van der Waals surface area contributed by atoms with Gasteiger partial charge in [-0.2, -0.15) is 0 Å². The van der Waals surface area contributed by atoms with Crippen molar-refractivity contribution in [1.82, 2.24) is 0 Å². The maximum Gasteiger partial charge on any atom is 0.344 e. The van der Waals surface area contributed by atoms with Crippen molar-refractivity contribution in [1.29, 1.82) is 0 Å². The smallest absolute Gasteiger partial charge is 0.344 e. The summed E-state index contributed by atoms with van der Waals surface area (Å²) in [5.74, 6) is -0.531. The van der Waals surface area contributed by atoms with Crippen LogP contribution in [-0.2, 0) is 9.59 Å². The number of nitrogens with two attached hydrogens (primary N) is 1. The third-order valence-electron chi connectivity index (χ3n) is 6.19. The van der Waals surface area contributed by atoms with Crippen LogP contribution in [0.25, 0.3) is 11.0 Å². The number of hydrogen-bond donors (Lipinski definition) is 2. The zero-order chi connectivity index (χ0) is 26.8. The Hall–Kier alpha value is -4.99. The number of carbonyl (C=O) groups excluding carboxylic acids is 2. The zero-order valence-electron chi connectivity index (χ0n) is 20.6. The van der Waals surface area contributed by atoms with Crippen LogP contribution >= 0.6 is 0 Å². The topological polar surface area (TPSA) is 139 Å². The van der Waals surface area contributed by atoms with Gasteiger partial charge in [-0.25, -0.2) is 4.79 Å². The molecule has 0 saturated heterocycles. The molecule has 3 aromatic carbocycles. The first-order valence-electron chi connectivity index (χ1n) is 11.7. The summed E-state index contributed by atoms with van der Waals surface area (Å²) in [5, 5.41) is 3.41. The second-order valence-corrected chi connectivity index (χ2v) is 8.53. The number of primary amides is 1. The summed E-state index contributed by atoms with van der Waals surface area (Å²) in [6.07, 6.45) is -1.13. The highest BCUT2D eigenvalue weighted by molar-refractivity contribution is 5.97. The Labute approximate surface area is 216 Å². The third kappa shape index (κ3) is 4.59. The predicted octanol–water partition coefficient (Wildman–Crippen LogP) is 3.21. The molecule has 10 heteroatoms. The average Bonchev–Trinajstić information content (AvgIpc) is 3.34. The summed E-state index contributed by atoms with van der Waals surface area (Å²) in [6.45, 7) is -0.383. The lowest BCUT2D eigenvalue weighted by Gasteiger charge is -2.20. The second-order valence-electron chi connectivity index (χ2n) is 8.53. The molecule has 2 heterocycles. The van der Waals surface area contributed by atoms with Gasteiger partial charge in [0.1, 0.15) is 17.1 Å². The highest BCUT2D eigenvalue weighted by Gasteiger charge is 2.44. The summed E-state index contributed by atoms with van der Waals surface area (Å²) in [5.41, 5.74) is 6.19. The van der Waals surface area contributed by atoms with Crippen molar-refractivity contribution in [2.45, 2.75) is 12.0 Å². The van der Waals surface area contributed by atoms with E-state index in [0.717, 1.165) is 0 Å². The molecule has 0 saturated carbocycles. The SMILES string of the molecule is COc1ccc(NC(=O)[C@@H]2Oc3c(c(=O)oc4ccccc34)[C@@H]2c2ccc(OC)c(OCC(N)=O)c2)cc1. The highest BCUT2D eigenvalue weighted by atomic mass is 16.5. The van der Waals surface area contributed by atoms with Gasteiger partial charge in [0.25, 0.3) is 11.8 Å². The first-order chi connectivity index (χ1) is 18.4. The Bertz CT molecular complexity index is 1580. The molecule has 1 aromatic heterocycles. The number of para-hydroxylation sites is 1. The first kappa shape index (κ1) is 24.7. The largest absolute Gasteiger partial charge is 0.497 e. The number of methoxy groups -OCH3 is 2. The van der Waals surface area contributed by atoms with E-state index in [2.05, 4.69) is 5.32 Å². The lowest BCUT2D eigenvalue weighted by atomic mass is 9.88. The molecule has 10 nitrogen and oxygen atoms in total. The third-order valence-corrected chi connectivity index (χ3v) is 6.19. The van der Waals surface area contributed by atoms with Crippen LogP contribution < -0.4 is 35.6 Å². The molecule has 4 aromatic rings. The normalized spacial score (nSPS) is 15.8. The van der Waals surface area contributed by atoms with Gasteiger partial charge in [-0.15, -0.1) is 0 Å². The van der Waals surface area contributed by atoms with Gasteiger partial charge in [-0.05, 0) is 54.1 Å². The number of hydrogen-bond acceptors (Lipinski definition) is 8. The van der Waals surface area contributed by atoms with Crippen molar-refractivity contribution in [2.75, 3.05) is 26.1 Å². The van der Waals surface area contributed by atoms with E-state index in [4.69, 9.17) is 29.1 Å². The molecule has 5 rings (SSSR count). The van der Waals surface area contributed by atoms with Gasteiger partial charge in [-0.3, -0.25) is 9.59 Å². The molecule has 1 aliphatic heterocycles. The molecule has 1 aliphatic rings. The van der Waals surface area contributed by atoms with Crippen molar-refractivity contribution in [3.63, 3.8) is 0 Å². The number of fused-ring (bicyclic) bond motifs is 3. The second kappa shape index (κ2) is 10.2. The standard InChI is InChI=1S/C28H24N2O8/c1-34-17-10-8-16(9-11-17)30-27(32)26-23(15-7-12-20(35-2)21(13-15)36-14-22(29)31)24-25(38-26)18-5-3-4-6-19(18)37-28(24)33/h3-13,23,26H,14H2,1-2H3,(H2,29,31)(H,30,32)/t23-,26+/m0/s1.